The molecule has 0 bridgehead atoms. The molecular formula is C25H23N5O5S2. The maximum absolute atomic E-state index is 12.7. The molecule has 0 unspecified atom stereocenters. The van der Waals surface area contributed by atoms with Gasteiger partial charge >= 0.3 is 0 Å². The maximum Gasteiger partial charge on any atom is 0.268 e. The Bertz CT molecular complexity index is 1600. The van der Waals surface area contributed by atoms with Crippen LogP contribution in [-0.4, -0.2) is 48.6 Å². The first-order chi connectivity index (χ1) is 17.8. The normalized spacial score (nSPS) is 11.8. The first-order valence-corrected chi connectivity index (χ1v) is 13.7. The first-order valence-electron chi connectivity index (χ1n) is 11.2. The first kappa shape index (κ1) is 25.9. The molecule has 0 radical (unpaired) electrons. The van der Waals surface area contributed by atoms with Crippen molar-refractivity contribution in [1.29, 1.82) is 5.26 Å². The molecule has 37 heavy (non-hydrogen) atoms. The van der Waals surface area contributed by atoms with Gasteiger partial charge in [0.05, 0.1) is 19.4 Å². The number of benzene rings is 2. The summed E-state index contributed by atoms with van der Waals surface area (Å²) in [6.45, 7) is 2.43. The predicted octanol–water partition coefficient (Wildman–Crippen LogP) is 3.92. The van der Waals surface area contributed by atoms with Crippen LogP contribution in [0.25, 0.3) is 17.0 Å². The molecular weight excluding hydrogens is 514 g/mol. The number of rotatable bonds is 10. The number of para-hydroxylation sites is 1. The minimum absolute atomic E-state index is 0.00344. The summed E-state index contributed by atoms with van der Waals surface area (Å²) < 4.78 is 36.7. The van der Waals surface area contributed by atoms with Crippen LogP contribution < -0.4 is 14.8 Å². The molecule has 1 amide bonds. The van der Waals surface area contributed by atoms with Crippen molar-refractivity contribution in [2.45, 2.75) is 17.8 Å². The van der Waals surface area contributed by atoms with E-state index in [0.29, 0.717) is 24.5 Å². The van der Waals surface area contributed by atoms with E-state index in [4.69, 9.17) is 9.47 Å². The van der Waals surface area contributed by atoms with Gasteiger partial charge in [0.15, 0.2) is 0 Å². The van der Waals surface area contributed by atoms with E-state index in [1.165, 1.54) is 13.0 Å². The second-order valence-electron chi connectivity index (χ2n) is 7.72. The van der Waals surface area contributed by atoms with Gasteiger partial charge in [0, 0.05) is 22.7 Å². The van der Waals surface area contributed by atoms with Crippen molar-refractivity contribution in [3.05, 3.63) is 65.9 Å². The number of hydrogen-bond donors (Lipinski definition) is 1. The minimum atomic E-state index is -3.54. The third kappa shape index (κ3) is 5.96. The molecule has 0 saturated heterocycles. The molecule has 0 spiro atoms. The van der Waals surface area contributed by atoms with Gasteiger partial charge in [0.25, 0.3) is 5.91 Å². The van der Waals surface area contributed by atoms with Crippen molar-refractivity contribution in [2.24, 2.45) is 0 Å². The van der Waals surface area contributed by atoms with Gasteiger partial charge < -0.3 is 14.0 Å². The van der Waals surface area contributed by atoms with Gasteiger partial charge in [0.2, 0.25) is 19.3 Å². The summed E-state index contributed by atoms with van der Waals surface area (Å²) in [7, 11) is -1.94. The van der Waals surface area contributed by atoms with E-state index in [0.717, 1.165) is 28.0 Å². The highest BCUT2D eigenvalue weighted by atomic mass is 32.2. The van der Waals surface area contributed by atoms with Gasteiger partial charge in [-0.2, -0.15) is 5.26 Å². The average molecular weight is 538 g/mol. The van der Waals surface area contributed by atoms with E-state index in [9.17, 15) is 18.5 Å². The van der Waals surface area contributed by atoms with Crippen LogP contribution in [0.2, 0.25) is 0 Å². The quantitative estimate of drug-likeness (QED) is 0.183. The monoisotopic (exact) mass is 537 g/mol. The van der Waals surface area contributed by atoms with Crippen molar-refractivity contribution in [1.82, 2.24) is 14.8 Å². The summed E-state index contributed by atoms with van der Waals surface area (Å²) in [4.78, 5) is 12.7. The van der Waals surface area contributed by atoms with E-state index in [1.54, 1.807) is 7.11 Å². The largest absolute Gasteiger partial charge is 0.497 e. The molecule has 0 atom stereocenters. The number of methoxy groups -OCH3 is 1. The maximum atomic E-state index is 12.7. The van der Waals surface area contributed by atoms with Gasteiger partial charge in [-0.15, -0.1) is 10.2 Å². The molecule has 4 aromatic rings. The molecule has 190 valence electrons. The number of nitrogens with zero attached hydrogens (tertiary/aromatic N) is 4. The Hall–Kier alpha value is -4.21. The number of sulfone groups is 1. The Morgan fingerprint density at radius 1 is 1.16 bits per heavy atom. The van der Waals surface area contributed by atoms with Gasteiger partial charge in [-0.1, -0.05) is 36.5 Å². The van der Waals surface area contributed by atoms with Crippen LogP contribution in [0.15, 0.2) is 64.6 Å². The third-order valence-corrected chi connectivity index (χ3v) is 8.44. The van der Waals surface area contributed by atoms with E-state index >= 15 is 0 Å². The number of aromatic nitrogens is 3. The molecule has 0 aliphatic rings. The van der Waals surface area contributed by atoms with E-state index in [2.05, 4.69) is 15.5 Å². The summed E-state index contributed by atoms with van der Waals surface area (Å²) in [6, 6.07) is 16.9. The van der Waals surface area contributed by atoms with Crippen molar-refractivity contribution in [2.75, 3.05) is 24.8 Å². The highest BCUT2D eigenvalue weighted by Gasteiger charge is 2.20. The lowest BCUT2D eigenvalue weighted by molar-refractivity contribution is -0.112. The molecule has 1 N–H and O–H groups in total. The number of hydrogen-bond acceptors (Lipinski definition) is 9. The lowest BCUT2D eigenvalue weighted by atomic mass is 10.1. The zero-order chi connectivity index (χ0) is 26.4. The van der Waals surface area contributed by atoms with E-state index < -0.39 is 15.7 Å². The van der Waals surface area contributed by atoms with Gasteiger partial charge in [-0.05, 0) is 36.4 Å². The summed E-state index contributed by atoms with van der Waals surface area (Å²) in [6.07, 6.45) is 3.34. The Kier molecular flexibility index (Phi) is 7.86. The molecule has 0 fully saturated rings. The van der Waals surface area contributed by atoms with Crippen LogP contribution in [0.3, 0.4) is 0 Å². The molecule has 0 saturated carbocycles. The molecule has 2 heterocycles. The van der Waals surface area contributed by atoms with Crippen LogP contribution in [0.1, 0.15) is 12.5 Å². The number of nitriles is 1. The number of ether oxygens (including phenoxy) is 2. The fourth-order valence-corrected chi connectivity index (χ4v) is 5.47. The van der Waals surface area contributed by atoms with Crippen molar-refractivity contribution in [3.8, 4) is 17.6 Å². The number of fused-ring (bicyclic) bond motifs is 1. The number of carbonyl (C=O) groups is 1. The molecule has 2 aromatic carbocycles. The highest BCUT2D eigenvalue weighted by molar-refractivity contribution is 7.93. The molecule has 0 aliphatic carbocycles. The second-order valence-corrected chi connectivity index (χ2v) is 11.1. The van der Waals surface area contributed by atoms with Gasteiger partial charge in [-0.3, -0.25) is 10.1 Å². The third-order valence-electron chi connectivity index (χ3n) is 5.42. The van der Waals surface area contributed by atoms with Crippen LogP contribution in [-0.2, 0) is 21.2 Å². The lowest BCUT2D eigenvalue weighted by Gasteiger charge is -2.09. The van der Waals surface area contributed by atoms with Crippen LogP contribution >= 0.6 is 11.3 Å². The zero-order valence-electron chi connectivity index (χ0n) is 20.0. The number of anilines is 1. The Balaban J connectivity index is 1.52. The minimum Gasteiger partial charge on any atom is -0.497 e. The van der Waals surface area contributed by atoms with Crippen molar-refractivity contribution in [3.63, 3.8) is 0 Å². The standard InChI is InChI=1S/C25H23N5O5S2/c1-3-37(32,33)25-29-28-24(36-25)27-23(31)17(15-26)14-18-16-30(22-7-5-4-6-21(18)22)12-13-35-20-10-8-19(34-2)9-11-20/h4-11,14,16H,3,12-13H2,1-2H3,(H,27,28,31). The topological polar surface area (TPSA) is 136 Å². The fourth-order valence-electron chi connectivity index (χ4n) is 3.49. The smallest absolute Gasteiger partial charge is 0.268 e. The summed E-state index contributed by atoms with van der Waals surface area (Å²) >= 11 is 0.739. The highest BCUT2D eigenvalue weighted by Crippen LogP contribution is 2.25. The SMILES string of the molecule is CCS(=O)(=O)c1nnc(NC(=O)C(C#N)=Cc2cn(CCOc3ccc(OC)cc3)c3ccccc23)s1. The van der Waals surface area contributed by atoms with Crippen LogP contribution in [0.4, 0.5) is 5.13 Å². The number of nitrogens with one attached hydrogen (secondary N) is 1. The van der Waals surface area contributed by atoms with Gasteiger partial charge in [-0.25, -0.2) is 8.42 Å². The Labute approximate surface area is 217 Å². The number of carbonyl (C=O) groups excluding carboxylic acids is 1. The van der Waals surface area contributed by atoms with E-state index in [-0.39, 0.29) is 20.8 Å². The number of amides is 1. The van der Waals surface area contributed by atoms with Gasteiger partial charge in [0.1, 0.15) is 29.7 Å². The Morgan fingerprint density at radius 2 is 1.89 bits per heavy atom. The molecule has 4 rings (SSSR count). The molecule has 12 heteroatoms. The fraction of sp³-hybridized carbons (Fsp3) is 0.200. The molecule has 2 aromatic heterocycles. The average Bonchev–Trinajstić information content (AvgIpc) is 3.53. The van der Waals surface area contributed by atoms with Crippen molar-refractivity contribution >= 4 is 49.2 Å². The summed E-state index contributed by atoms with van der Waals surface area (Å²) in [5.74, 6) is 0.620. The molecule has 0 aliphatic heterocycles. The Morgan fingerprint density at radius 3 is 2.59 bits per heavy atom. The summed E-state index contributed by atoms with van der Waals surface area (Å²) in [5.41, 5.74) is 1.44. The molecule has 10 nitrogen and oxygen atoms in total. The second kappa shape index (κ2) is 11.2. The zero-order valence-corrected chi connectivity index (χ0v) is 21.7. The van der Waals surface area contributed by atoms with Crippen LogP contribution in [0.5, 0.6) is 11.5 Å². The van der Waals surface area contributed by atoms with E-state index in [1.807, 2.05) is 65.4 Å². The van der Waals surface area contributed by atoms with Crippen LogP contribution in [0, 0.1) is 11.3 Å². The lowest BCUT2D eigenvalue weighted by Crippen LogP contribution is -2.13. The van der Waals surface area contributed by atoms with Crippen molar-refractivity contribution < 1.29 is 22.7 Å². The predicted molar refractivity (Wildman–Crippen MR) is 140 cm³/mol. The summed E-state index contributed by atoms with van der Waals surface area (Å²) in [5, 5.41) is 20.3.